The second-order valence-corrected chi connectivity index (χ2v) is 9.40. The number of amides is 1. The first-order chi connectivity index (χ1) is 19.6. The van der Waals surface area contributed by atoms with Gasteiger partial charge in [-0.3, -0.25) is 4.90 Å². The molecule has 3 aromatic rings. The van der Waals surface area contributed by atoms with Crippen LogP contribution in [0.2, 0.25) is 0 Å². The SMILES string of the molecule is CC(N)C(N)(c1ccc(OC(F)(F)F)cc1)N(C(=O)OCc1ccccc1)[C@@H](C)CNc1ccc(OC(F)(F)F)cc1. The van der Waals surface area contributed by atoms with Crippen molar-refractivity contribution in [1.82, 2.24) is 4.90 Å². The van der Waals surface area contributed by atoms with Gasteiger partial charge in [-0.15, -0.1) is 26.3 Å². The molecule has 0 saturated carbocycles. The normalized spacial score (nSPS) is 14.7. The summed E-state index contributed by atoms with van der Waals surface area (Å²) in [6.45, 7) is 3.07. The van der Waals surface area contributed by atoms with Gasteiger partial charge in [0.25, 0.3) is 0 Å². The van der Waals surface area contributed by atoms with Crippen LogP contribution in [0, 0.1) is 0 Å². The Bertz CT molecular complexity index is 1290. The van der Waals surface area contributed by atoms with Crippen molar-refractivity contribution in [2.24, 2.45) is 11.5 Å². The van der Waals surface area contributed by atoms with E-state index < -0.39 is 48.1 Å². The Morgan fingerprint density at radius 2 is 1.33 bits per heavy atom. The van der Waals surface area contributed by atoms with E-state index in [1.807, 2.05) is 0 Å². The van der Waals surface area contributed by atoms with Crippen molar-refractivity contribution < 1.29 is 45.3 Å². The summed E-state index contributed by atoms with van der Waals surface area (Å²) >= 11 is 0. The molecule has 0 aromatic heterocycles. The number of halogens is 6. The van der Waals surface area contributed by atoms with Crippen molar-refractivity contribution in [3.8, 4) is 11.5 Å². The van der Waals surface area contributed by atoms with E-state index in [2.05, 4.69) is 14.8 Å². The molecule has 0 fully saturated rings. The molecule has 14 heteroatoms. The molecule has 0 aliphatic heterocycles. The van der Waals surface area contributed by atoms with E-state index in [0.29, 0.717) is 11.3 Å². The number of ether oxygens (including phenoxy) is 3. The standard InChI is InChI=1S/C28H30F6N4O4/c1-18(16-37-22-10-14-24(15-11-22)42-28(32,33)34)38(25(39)40-17-20-6-4-3-5-7-20)26(36,19(2)35)21-8-12-23(13-9-21)41-27(29,30)31/h3-15,18-19,37H,16-17,35-36H2,1-2H3/t18-,19?,26?/m0/s1. The Labute approximate surface area is 238 Å². The van der Waals surface area contributed by atoms with E-state index in [4.69, 9.17) is 16.2 Å². The molecule has 0 spiro atoms. The van der Waals surface area contributed by atoms with Gasteiger partial charge in [0.15, 0.2) is 0 Å². The van der Waals surface area contributed by atoms with Crippen molar-refractivity contribution in [3.05, 3.63) is 90.0 Å². The van der Waals surface area contributed by atoms with Gasteiger partial charge in [0, 0.05) is 18.3 Å². The monoisotopic (exact) mass is 600 g/mol. The molecule has 0 aliphatic rings. The fourth-order valence-electron chi connectivity index (χ4n) is 4.16. The number of hydrogen-bond donors (Lipinski definition) is 3. The summed E-state index contributed by atoms with van der Waals surface area (Å²) in [5, 5.41) is 3.01. The third-order valence-corrected chi connectivity index (χ3v) is 6.18. The van der Waals surface area contributed by atoms with Crippen LogP contribution in [-0.4, -0.2) is 42.3 Å². The Balaban J connectivity index is 1.89. The zero-order chi connectivity index (χ0) is 31.1. The highest BCUT2D eigenvalue weighted by Gasteiger charge is 2.45. The van der Waals surface area contributed by atoms with Gasteiger partial charge < -0.3 is 31.0 Å². The Hall–Kier alpha value is -4.17. The fourth-order valence-corrected chi connectivity index (χ4v) is 4.16. The average molecular weight is 601 g/mol. The summed E-state index contributed by atoms with van der Waals surface area (Å²) < 4.78 is 88.9. The average Bonchev–Trinajstić information content (AvgIpc) is 2.90. The third-order valence-electron chi connectivity index (χ3n) is 6.18. The number of carbonyl (C=O) groups excluding carboxylic acids is 1. The number of hydrogen-bond acceptors (Lipinski definition) is 7. The molecule has 2 unspecified atom stereocenters. The maximum absolute atomic E-state index is 13.6. The molecule has 8 nitrogen and oxygen atoms in total. The van der Waals surface area contributed by atoms with Gasteiger partial charge in [0.05, 0.1) is 6.04 Å². The molecule has 0 saturated heterocycles. The topological polar surface area (TPSA) is 112 Å². The van der Waals surface area contributed by atoms with Gasteiger partial charge in [-0.2, -0.15) is 0 Å². The summed E-state index contributed by atoms with van der Waals surface area (Å²) in [4.78, 5) is 14.7. The van der Waals surface area contributed by atoms with Crippen molar-refractivity contribution >= 4 is 11.8 Å². The van der Waals surface area contributed by atoms with Crippen LogP contribution in [0.4, 0.5) is 36.8 Å². The lowest BCUT2D eigenvalue weighted by atomic mass is 9.90. The van der Waals surface area contributed by atoms with Crippen molar-refractivity contribution in [2.45, 2.75) is 50.9 Å². The van der Waals surface area contributed by atoms with Crippen LogP contribution in [0.1, 0.15) is 25.0 Å². The number of nitrogens with one attached hydrogen (secondary N) is 1. The summed E-state index contributed by atoms with van der Waals surface area (Å²) in [5.74, 6) is -0.910. The van der Waals surface area contributed by atoms with Crippen molar-refractivity contribution in [3.63, 3.8) is 0 Å². The number of anilines is 1. The van der Waals surface area contributed by atoms with E-state index in [-0.39, 0.29) is 18.7 Å². The zero-order valence-corrected chi connectivity index (χ0v) is 22.6. The van der Waals surface area contributed by atoms with Crippen LogP contribution >= 0.6 is 0 Å². The van der Waals surface area contributed by atoms with Crippen LogP contribution in [0.5, 0.6) is 11.5 Å². The molecule has 0 aliphatic carbocycles. The van der Waals surface area contributed by atoms with Crippen LogP contribution in [0.25, 0.3) is 0 Å². The van der Waals surface area contributed by atoms with Crippen LogP contribution in [-0.2, 0) is 17.0 Å². The van der Waals surface area contributed by atoms with Gasteiger partial charge in [0.1, 0.15) is 23.8 Å². The predicted octanol–water partition coefficient (Wildman–Crippen LogP) is 6.08. The van der Waals surface area contributed by atoms with E-state index in [9.17, 15) is 31.1 Å². The molecule has 3 aromatic carbocycles. The van der Waals surface area contributed by atoms with E-state index >= 15 is 0 Å². The molecule has 1 amide bonds. The number of alkyl halides is 6. The fraction of sp³-hybridized carbons (Fsp3) is 0.321. The third kappa shape index (κ3) is 8.91. The lowest BCUT2D eigenvalue weighted by Crippen LogP contribution is -2.67. The van der Waals surface area contributed by atoms with Crippen LogP contribution < -0.4 is 26.3 Å². The van der Waals surface area contributed by atoms with Gasteiger partial charge >= 0.3 is 18.8 Å². The Kier molecular flexibility index (Phi) is 10.2. The largest absolute Gasteiger partial charge is 0.573 e. The zero-order valence-electron chi connectivity index (χ0n) is 22.6. The minimum absolute atomic E-state index is 0.0286. The second kappa shape index (κ2) is 13.2. The maximum Gasteiger partial charge on any atom is 0.573 e. The first-order valence-corrected chi connectivity index (χ1v) is 12.6. The molecular weight excluding hydrogens is 570 g/mol. The Morgan fingerprint density at radius 1 is 0.833 bits per heavy atom. The minimum atomic E-state index is -4.91. The van der Waals surface area contributed by atoms with Gasteiger partial charge in [-0.1, -0.05) is 42.5 Å². The number of nitrogens with zero attached hydrogens (tertiary/aromatic N) is 1. The van der Waals surface area contributed by atoms with Gasteiger partial charge in [-0.05, 0) is 61.4 Å². The predicted molar refractivity (Wildman–Crippen MR) is 142 cm³/mol. The summed E-state index contributed by atoms with van der Waals surface area (Å²) in [5.41, 5.74) is 12.6. The maximum atomic E-state index is 13.6. The highest BCUT2D eigenvalue weighted by Crippen LogP contribution is 2.32. The summed E-state index contributed by atoms with van der Waals surface area (Å²) in [6, 6.07) is 16.7. The van der Waals surface area contributed by atoms with E-state index in [1.54, 1.807) is 37.3 Å². The molecular formula is C28H30F6N4O4. The summed E-state index contributed by atoms with van der Waals surface area (Å²) in [7, 11) is 0. The van der Waals surface area contributed by atoms with Gasteiger partial charge in [-0.25, -0.2) is 4.79 Å². The molecule has 3 atom stereocenters. The quantitative estimate of drug-likeness (QED) is 0.181. The lowest BCUT2D eigenvalue weighted by molar-refractivity contribution is -0.275. The lowest BCUT2D eigenvalue weighted by Gasteiger charge is -2.46. The number of carbonyl (C=O) groups is 1. The first-order valence-electron chi connectivity index (χ1n) is 12.6. The van der Waals surface area contributed by atoms with E-state index in [1.165, 1.54) is 36.1 Å². The number of benzene rings is 3. The van der Waals surface area contributed by atoms with Gasteiger partial charge in [0.2, 0.25) is 0 Å². The van der Waals surface area contributed by atoms with Crippen LogP contribution in [0.3, 0.4) is 0 Å². The second-order valence-electron chi connectivity index (χ2n) is 9.40. The minimum Gasteiger partial charge on any atom is -0.444 e. The number of nitrogens with two attached hydrogens (primary N) is 2. The molecule has 228 valence electrons. The highest BCUT2D eigenvalue weighted by atomic mass is 19.4. The smallest absolute Gasteiger partial charge is 0.444 e. The van der Waals surface area contributed by atoms with Crippen LogP contribution in [0.15, 0.2) is 78.9 Å². The molecule has 0 bridgehead atoms. The molecule has 3 rings (SSSR count). The first kappa shape index (κ1) is 32.3. The summed E-state index contributed by atoms with van der Waals surface area (Å²) in [6.07, 6.45) is -10.6. The number of rotatable bonds is 11. The Morgan fingerprint density at radius 3 is 1.81 bits per heavy atom. The molecule has 42 heavy (non-hydrogen) atoms. The molecule has 0 heterocycles. The molecule has 0 radical (unpaired) electrons. The highest BCUT2D eigenvalue weighted by molar-refractivity contribution is 5.70. The van der Waals surface area contributed by atoms with Crippen molar-refractivity contribution in [2.75, 3.05) is 11.9 Å². The van der Waals surface area contributed by atoms with E-state index in [0.717, 1.165) is 24.3 Å². The van der Waals surface area contributed by atoms with Crippen molar-refractivity contribution in [1.29, 1.82) is 0 Å². The molecule has 5 N–H and O–H groups in total.